The van der Waals surface area contributed by atoms with E-state index in [1.54, 1.807) is 30.4 Å². The Bertz CT molecular complexity index is 1310. The van der Waals surface area contributed by atoms with Crippen molar-refractivity contribution in [1.29, 1.82) is 0 Å². The van der Waals surface area contributed by atoms with Gasteiger partial charge in [0.25, 0.3) is 5.91 Å². The van der Waals surface area contributed by atoms with Crippen molar-refractivity contribution >= 4 is 23.2 Å². The number of hydrogen-bond acceptors (Lipinski definition) is 8. The van der Waals surface area contributed by atoms with E-state index >= 15 is 0 Å². The van der Waals surface area contributed by atoms with E-state index in [9.17, 15) is 9.90 Å². The standard InChI is InChI=1S/C25H24N6O2S/c1-31-14-10-25(33,23(31)32)18-6-4-5-17(15-18)22-29-21(16-34-22)20-9-13-28-24(30-20)27-12-8-19-7-2-3-11-26-19/h2-7,9,11,13,15-16,33H,8,10,12,14H2,1H3,(H,27,28,30). The Morgan fingerprint density at radius 3 is 2.79 bits per heavy atom. The maximum Gasteiger partial charge on any atom is 0.258 e. The smallest absolute Gasteiger partial charge is 0.258 e. The molecule has 2 N–H and O–H groups in total. The summed E-state index contributed by atoms with van der Waals surface area (Å²) in [5.41, 5.74) is 2.45. The number of rotatable bonds is 7. The summed E-state index contributed by atoms with van der Waals surface area (Å²) in [6.45, 7) is 1.21. The third kappa shape index (κ3) is 4.40. The zero-order valence-corrected chi connectivity index (χ0v) is 19.5. The molecule has 1 aromatic carbocycles. The minimum absolute atomic E-state index is 0.270. The number of pyridine rings is 1. The van der Waals surface area contributed by atoms with Crippen LogP contribution in [0.15, 0.2) is 66.3 Å². The maximum atomic E-state index is 12.5. The van der Waals surface area contributed by atoms with Crippen LogP contribution in [-0.4, -0.2) is 56.0 Å². The lowest BCUT2D eigenvalue weighted by molar-refractivity contribution is -0.143. The molecule has 1 aliphatic rings. The zero-order valence-electron chi connectivity index (χ0n) is 18.7. The Hall–Kier alpha value is -3.69. The monoisotopic (exact) mass is 472 g/mol. The number of nitrogens with one attached hydrogen (secondary N) is 1. The van der Waals surface area contributed by atoms with Gasteiger partial charge in [-0.3, -0.25) is 9.78 Å². The van der Waals surface area contributed by atoms with Gasteiger partial charge in [-0.05, 0) is 29.8 Å². The topological polar surface area (TPSA) is 104 Å². The fourth-order valence-corrected chi connectivity index (χ4v) is 4.80. The minimum Gasteiger partial charge on any atom is -0.375 e. The van der Waals surface area contributed by atoms with Gasteiger partial charge in [-0.2, -0.15) is 0 Å². The minimum atomic E-state index is -1.48. The van der Waals surface area contributed by atoms with Gasteiger partial charge in [0.2, 0.25) is 5.95 Å². The van der Waals surface area contributed by atoms with E-state index in [2.05, 4.69) is 20.3 Å². The maximum absolute atomic E-state index is 12.5. The van der Waals surface area contributed by atoms with E-state index < -0.39 is 5.60 Å². The molecule has 9 heteroatoms. The van der Waals surface area contributed by atoms with Crippen LogP contribution in [0, 0.1) is 0 Å². The van der Waals surface area contributed by atoms with Crippen molar-refractivity contribution in [3.05, 3.63) is 77.6 Å². The molecule has 0 saturated carbocycles. The third-order valence-electron chi connectivity index (χ3n) is 5.91. The van der Waals surface area contributed by atoms with Crippen molar-refractivity contribution < 1.29 is 9.90 Å². The molecule has 1 atom stereocenters. The number of benzene rings is 1. The van der Waals surface area contributed by atoms with Crippen molar-refractivity contribution in [3.63, 3.8) is 0 Å². The van der Waals surface area contributed by atoms with Crippen molar-refractivity contribution in [2.45, 2.75) is 18.4 Å². The highest BCUT2D eigenvalue weighted by atomic mass is 32.1. The van der Waals surface area contributed by atoms with E-state index in [0.29, 0.717) is 31.0 Å². The number of amides is 1. The number of carbonyl (C=O) groups excluding carboxylic acids is 1. The van der Waals surface area contributed by atoms with E-state index in [0.717, 1.165) is 34.1 Å². The molecule has 0 radical (unpaired) electrons. The Morgan fingerprint density at radius 2 is 2.00 bits per heavy atom. The highest BCUT2D eigenvalue weighted by Crippen LogP contribution is 2.36. The van der Waals surface area contributed by atoms with Crippen LogP contribution in [-0.2, 0) is 16.8 Å². The molecule has 5 rings (SSSR count). The summed E-state index contributed by atoms with van der Waals surface area (Å²) in [5, 5.41) is 17.0. The van der Waals surface area contributed by atoms with Crippen molar-refractivity contribution in [3.8, 4) is 22.0 Å². The Morgan fingerprint density at radius 1 is 1.09 bits per heavy atom. The summed E-state index contributed by atoms with van der Waals surface area (Å²) in [6.07, 6.45) is 4.65. The SMILES string of the molecule is CN1CCC(O)(c2cccc(-c3nc(-c4ccnc(NCCc5ccccn5)n4)cs3)c2)C1=O. The fourth-order valence-electron chi connectivity index (χ4n) is 3.99. The van der Waals surface area contributed by atoms with Gasteiger partial charge in [-0.25, -0.2) is 15.0 Å². The zero-order chi connectivity index (χ0) is 23.5. The van der Waals surface area contributed by atoms with Crippen molar-refractivity contribution in [1.82, 2.24) is 24.8 Å². The number of anilines is 1. The number of carbonyl (C=O) groups is 1. The van der Waals surface area contributed by atoms with Gasteiger partial charge in [-0.1, -0.05) is 24.3 Å². The van der Waals surface area contributed by atoms with E-state index in [4.69, 9.17) is 4.98 Å². The van der Waals surface area contributed by atoms with E-state index in [-0.39, 0.29) is 5.91 Å². The molecule has 1 amide bonds. The molecular formula is C25H24N6O2S. The molecule has 0 spiro atoms. The number of hydrogen-bond donors (Lipinski definition) is 2. The van der Waals surface area contributed by atoms with Gasteiger partial charge < -0.3 is 15.3 Å². The quantitative estimate of drug-likeness (QED) is 0.425. The van der Waals surface area contributed by atoms with Crippen LogP contribution in [0.3, 0.4) is 0 Å². The lowest BCUT2D eigenvalue weighted by Crippen LogP contribution is -2.36. The lowest BCUT2D eigenvalue weighted by atomic mass is 9.91. The van der Waals surface area contributed by atoms with Gasteiger partial charge >= 0.3 is 0 Å². The molecule has 8 nitrogen and oxygen atoms in total. The normalized spacial score (nSPS) is 17.8. The number of aromatic nitrogens is 4. The van der Waals surface area contributed by atoms with Crippen molar-refractivity contribution in [2.24, 2.45) is 0 Å². The summed E-state index contributed by atoms with van der Waals surface area (Å²) >= 11 is 1.49. The van der Waals surface area contributed by atoms with Gasteiger partial charge in [0.05, 0.1) is 5.69 Å². The van der Waals surface area contributed by atoms with E-state index in [1.807, 2.05) is 47.8 Å². The van der Waals surface area contributed by atoms with Crippen LogP contribution >= 0.6 is 11.3 Å². The Balaban J connectivity index is 1.32. The summed E-state index contributed by atoms with van der Waals surface area (Å²) in [6, 6.07) is 15.1. The average Bonchev–Trinajstić information content (AvgIpc) is 3.47. The number of thiazole rings is 1. The van der Waals surface area contributed by atoms with Crippen LogP contribution in [0.5, 0.6) is 0 Å². The second kappa shape index (κ2) is 9.28. The van der Waals surface area contributed by atoms with Crippen molar-refractivity contribution in [2.75, 3.05) is 25.5 Å². The molecule has 4 heterocycles. The number of likely N-dealkylation sites (N-methyl/N-ethyl adjacent to an activating group) is 1. The molecule has 3 aromatic heterocycles. The molecule has 172 valence electrons. The van der Waals surface area contributed by atoms with Gasteiger partial charge in [0, 0.05) is 62.0 Å². The van der Waals surface area contributed by atoms with Crippen LogP contribution < -0.4 is 5.32 Å². The van der Waals surface area contributed by atoms with Gasteiger partial charge in [0.15, 0.2) is 5.60 Å². The summed E-state index contributed by atoms with van der Waals surface area (Å²) in [5.74, 6) is 0.268. The molecule has 34 heavy (non-hydrogen) atoms. The van der Waals surface area contributed by atoms with Crippen LogP contribution in [0.2, 0.25) is 0 Å². The molecule has 0 aliphatic carbocycles. The largest absolute Gasteiger partial charge is 0.375 e. The van der Waals surface area contributed by atoms with E-state index in [1.165, 1.54) is 11.3 Å². The second-order valence-corrected chi connectivity index (χ2v) is 9.08. The molecule has 1 fully saturated rings. The predicted molar refractivity (Wildman–Crippen MR) is 131 cm³/mol. The molecule has 1 aliphatic heterocycles. The lowest BCUT2D eigenvalue weighted by Gasteiger charge is -2.21. The first kappa shape index (κ1) is 22.1. The molecule has 4 aromatic rings. The summed E-state index contributed by atoms with van der Waals surface area (Å²) in [7, 11) is 1.71. The molecule has 1 saturated heterocycles. The van der Waals surface area contributed by atoms with Gasteiger partial charge in [-0.15, -0.1) is 11.3 Å². The Labute approximate surface area is 201 Å². The number of likely N-dealkylation sites (tertiary alicyclic amines) is 1. The number of nitrogens with zero attached hydrogens (tertiary/aromatic N) is 5. The third-order valence-corrected chi connectivity index (χ3v) is 6.80. The first-order chi connectivity index (χ1) is 16.5. The molecule has 0 bridgehead atoms. The average molecular weight is 473 g/mol. The van der Waals surface area contributed by atoms with Crippen LogP contribution in [0.1, 0.15) is 17.7 Å². The summed E-state index contributed by atoms with van der Waals surface area (Å²) in [4.78, 5) is 32.0. The van der Waals surface area contributed by atoms with Crippen LogP contribution in [0.4, 0.5) is 5.95 Å². The molecule has 1 unspecified atom stereocenters. The van der Waals surface area contributed by atoms with Crippen LogP contribution in [0.25, 0.3) is 22.0 Å². The first-order valence-electron chi connectivity index (χ1n) is 11.0. The first-order valence-corrected chi connectivity index (χ1v) is 11.9. The fraction of sp³-hybridized carbons (Fsp3) is 0.240. The van der Waals surface area contributed by atoms with Gasteiger partial charge in [0.1, 0.15) is 10.7 Å². The predicted octanol–water partition coefficient (Wildman–Crippen LogP) is 3.37. The highest BCUT2D eigenvalue weighted by Gasteiger charge is 2.45. The number of aliphatic hydroxyl groups is 1. The highest BCUT2D eigenvalue weighted by molar-refractivity contribution is 7.13. The second-order valence-electron chi connectivity index (χ2n) is 8.22. The Kier molecular flexibility index (Phi) is 6.04. The molecular weight excluding hydrogens is 448 g/mol. The summed E-state index contributed by atoms with van der Waals surface area (Å²) < 4.78 is 0.